The first kappa shape index (κ1) is 15.7. The molecule has 1 aliphatic heterocycles. The van der Waals surface area contributed by atoms with E-state index in [9.17, 15) is 14.7 Å². The van der Waals surface area contributed by atoms with Crippen molar-refractivity contribution in [1.82, 2.24) is 15.8 Å². The fourth-order valence-electron chi connectivity index (χ4n) is 1.99. The Bertz CT molecular complexity index is 569. The van der Waals surface area contributed by atoms with Crippen LogP contribution in [0.1, 0.15) is 23.7 Å². The van der Waals surface area contributed by atoms with E-state index in [-0.39, 0.29) is 17.7 Å². The highest BCUT2D eigenvalue weighted by atomic mass is 16.6. The molecule has 0 spiro atoms. The van der Waals surface area contributed by atoms with E-state index in [0.29, 0.717) is 31.7 Å². The molecule has 7 heteroatoms. The van der Waals surface area contributed by atoms with Crippen molar-refractivity contribution in [2.75, 3.05) is 19.7 Å². The Morgan fingerprint density at radius 2 is 2.05 bits per heavy atom. The van der Waals surface area contributed by atoms with Crippen molar-refractivity contribution >= 4 is 12.0 Å². The number of aromatic hydroxyl groups is 1. The van der Waals surface area contributed by atoms with Crippen molar-refractivity contribution in [2.24, 2.45) is 0 Å². The quantitative estimate of drug-likeness (QED) is 0.731. The lowest BCUT2D eigenvalue weighted by atomic mass is 10.2. The maximum absolute atomic E-state index is 11.9. The van der Waals surface area contributed by atoms with E-state index in [4.69, 9.17) is 4.74 Å². The van der Waals surface area contributed by atoms with Crippen molar-refractivity contribution in [3.05, 3.63) is 41.6 Å². The van der Waals surface area contributed by atoms with Gasteiger partial charge in [-0.2, -0.15) is 0 Å². The molecule has 0 aliphatic carbocycles. The molecule has 118 valence electrons. The van der Waals surface area contributed by atoms with Gasteiger partial charge in [-0.25, -0.2) is 4.79 Å². The summed E-state index contributed by atoms with van der Waals surface area (Å²) in [5, 5.41) is 9.18. The average Bonchev–Trinajstić information content (AvgIpc) is 2.54. The Labute approximate surface area is 128 Å². The number of phenols is 1. The predicted octanol–water partition coefficient (Wildman–Crippen LogP) is 1.37. The van der Waals surface area contributed by atoms with Crippen molar-refractivity contribution in [3.63, 3.8) is 0 Å². The molecule has 0 fully saturated rings. The van der Waals surface area contributed by atoms with Gasteiger partial charge >= 0.3 is 6.09 Å². The summed E-state index contributed by atoms with van der Waals surface area (Å²) in [5.74, 6) is -0.188. The zero-order valence-corrected chi connectivity index (χ0v) is 12.3. The van der Waals surface area contributed by atoms with Crippen molar-refractivity contribution in [1.29, 1.82) is 0 Å². The lowest BCUT2D eigenvalue weighted by Gasteiger charge is -2.26. The van der Waals surface area contributed by atoms with Crippen molar-refractivity contribution in [3.8, 4) is 5.75 Å². The summed E-state index contributed by atoms with van der Waals surface area (Å²) in [6.45, 7) is 3.10. The standard InChI is InChI=1S/C15H19N3O4/c1-2-22-15(21)18-9-7-12(8-10-18)16-17-14(20)11-3-5-13(19)6-4-11/h3-7,16,19H,2,8-10H2,1H3,(H,17,20). The van der Waals surface area contributed by atoms with E-state index in [1.54, 1.807) is 11.8 Å². The zero-order valence-electron chi connectivity index (χ0n) is 12.3. The largest absolute Gasteiger partial charge is 0.508 e. The van der Waals surface area contributed by atoms with E-state index in [2.05, 4.69) is 10.9 Å². The molecule has 1 aliphatic rings. The summed E-state index contributed by atoms with van der Waals surface area (Å²) in [7, 11) is 0. The molecule has 0 saturated carbocycles. The summed E-state index contributed by atoms with van der Waals surface area (Å²) < 4.78 is 4.93. The summed E-state index contributed by atoms with van der Waals surface area (Å²) in [6, 6.07) is 5.96. The molecule has 0 bridgehead atoms. The van der Waals surface area contributed by atoms with E-state index in [1.807, 2.05) is 6.08 Å². The Kier molecular flexibility index (Phi) is 5.24. The third-order valence-corrected chi connectivity index (χ3v) is 3.20. The number of rotatable bonds is 4. The molecular formula is C15H19N3O4. The molecular weight excluding hydrogens is 286 g/mol. The minimum Gasteiger partial charge on any atom is -0.508 e. The monoisotopic (exact) mass is 305 g/mol. The molecule has 0 aromatic heterocycles. The third-order valence-electron chi connectivity index (χ3n) is 3.20. The second-order valence-corrected chi connectivity index (χ2v) is 4.75. The van der Waals surface area contributed by atoms with Crippen LogP contribution >= 0.6 is 0 Å². The predicted molar refractivity (Wildman–Crippen MR) is 80.0 cm³/mol. The third kappa shape index (κ3) is 4.15. The Morgan fingerprint density at radius 3 is 2.64 bits per heavy atom. The Morgan fingerprint density at radius 1 is 1.32 bits per heavy atom. The number of ether oxygens (including phenoxy) is 1. The molecule has 1 aromatic rings. The van der Waals surface area contributed by atoms with Gasteiger partial charge in [0.25, 0.3) is 5.91 Å². The van der Waals surface area contributed by atoms with Crippen LogP contribution < -0.4 is 10.9 Å². The molecule has 2 amide bonds. The van der Waals surface area contributed by atoms with Crippen LogP contribution in [0, 0.1) is 0 Å². The van der Waals surface area contributed by atoms with Crippen molar-refractivity contribution in [2.45, 2.75) is 13.3 Å². The molecule has 22 heavy (non-hydrogen) atoms. The molecule has 7 nitrogen and oxygen atoms in total. The van der Waals surface area contributed by atoms with Gasteiger partial charge in [0.15, 0.2) is 0 Å². The number of hydrogen-bond donors (Lipinski definition) is 3. The van der Waals surface area contributed by atoms with E-state index < -0.39 is 0 Å². The second-order valence-electron chi connectivity index (χ2n) is 4.75. The molecule has 0 unspecified atom stereocenters. The number of phenolic OH excluding ortho intramolecular Hbond substituents is 1. The van der Waals surface area contributed by atoms with Gasteiger partial charge in [-0.15, -0.1) is 0 Å². The number of hydrogen-bond acceptors (Lipinski definition) is 5. The highest BCUT2D eigenvalue weighted by molar-refractivity contribution is 5.94. The SMILES string of the molecule is CCOC(=O)N1CC=C(NNC(=O)c2ccc(O)cc2)CC1. The second kappa shape index (κ2) is 7.35. The number of carbonyl (C=O) groups is 2. The van der Waals surface area contributed by atoms with Gasteiger partial charge in [0, 0.05) is 30.8 Å². The van der Waals surface area contributed by atoms with Crippen LogP contribution in [-0.4, -0.2) is 41.7 Å². The molecule has 3 N–H and O–H groups in total. The van der Waals surface area contributed by atoms with Gasteiger partial charge < -0.3 is 20.2 Å². The molecule has 1 heterocycles. The summed E-state index contributed by atoms with van der Waals surface area (Å²) >= 11 is 0. The molecule has 0 atom stereocenters. The van der Waals surface area contributed by atoms with Gasteiger partial charge in [0.2, 0.25) is 0 Å². The maximum atomic E-state index is 11.9. The van der Waals surface area contributed by atoms with Gasteiger partial charge in [0.1, 0.15) is 5.75 Å². The number of nitrogens with zero attached hydrogens (tertiary/aromatic N) is 1. The number of amides is 2. The molecule has 0 radical (unpaired) electrons. The van der Waals surface area contributed by atoms with Gasteiger partial charge in [0.05, 0.1) is 6.61 Å². The summed E-state index contributed by atoms with van der Waals surface area (Å²) in [4.78, 5) is 25.0. The summed E-state index contributed by atoms with van der Waals surface area (Å²) in [6.07, 6.45) is 2.11. The van der Waals surface area contributed by atoms with Crippen LogP contribution in [-0.2, 0) is 4.74 Å². The molecule has 1 aromatic carbocycles. The first-order valence-electron chi connectivity index (χ1n) is 7.06. The van der Waals surface area contributed by atoms with E-state index >= 15 is 0 Å². The first-order chi connectivity index (χ1) is 10.6. The van der Waals surface area contributed by atoms with Gasteiger partial charge in [-0.05, 0) is 37.3 Å². The number of carbonyl (C=O) groups excluding carboxylic acids is 2. The lowest BCUT2D eigenvalue weighted by molar-refractivity contribution is 0.0932. The normalized spacial score (nSPS) is 14.0. The Hall–Kier alpha value is -2.70. The summed E-state index contributed by atoms with van der Waals surface area (Å²) in [5.41, 5.74) is 6.71. The van der Waals surface area contributed by atoms with Crippen molar-refractivity contribution < 1.29 is 19.4 Å². The minimum atomic E-state index is -0.328. The molecule has 2 rings (SSSR count). The number of benzene rings is 1. The fourth-order valence-corrected chi connectivity index (χ4v) is 1.99. The van der Waals surface area contributed by atoms with Crippen LogP contribution in [0.2, 0.25) is 0 Å². The average molecular weight is 305 g/mol. The van der Waals surface area contributed by atoms with Crippen LogP contribution in [0.3, 0.4) is 0 Å². The van der Waals surface area contributed by atoms with E-state index in [1.165, 1.54) is 24.3 Å². The lowest BCUT2D eigenvalue weighted by Crippen LogP contribution is -2.41. The number of nitrogens with one attached hydrogen (secondary N) is 2. The molecule has 0 saturated heterocycles. The van der Waals surface area contributed by atoms with Crippen LogP contribution in [0.5, 0.6) is 5.75 Å². The van der Waals surface area contributed by atoms with Gasteiger partial charge in [-0.3, -0.25) is 10.2 Å². The maximum Gasteiger partial charge on any atom is 0.410 e. The van der Waals surface area contributed by atoms with E-state index in [0.717, 1.165) is 5.70 Å². The Balaban J connectivity index is 1.81. The highest BCUT2D eigenvalue weighted by Gasteiger charge is 2.18. The first-order valence-corrected chi connectivity index (χ1v) is 7.06. The minimum absolute atomic E-state index is 0.110. The van der Waals surface area contributed by atoms with Crippen LogP contribution in [0.15, 0.2) is 36.0 Å². The number of hydrazine groups is 1. The topological polar surface area (TPSA) is 90.9 Å². The van der Waals surface area contributed by atoms with Crippen LogP contribution in [0.4, 0.5) is 4.79 Å². The highest BCUT2D eigenvalue weighted by Crippen LogP contribution is 2.10. The fraction of sp³-hybridized carbons (Fsp3) is 0.333. The smallest absolute Gasteiger partial charge is 0.410 e. The zero-order chi connectivity index (χ0) is 15.9. The van der Waals surface area contributed by atoms with Crippen LogP contribution in [0.25, 0.3) is 0 Å². The van der Waals surface area contributed by atoms with Gasteiger partial charge in [-0.1, -0.05) is 0 Å².